The number of aromatic nitrogens is 8. The van der Waals surface area contributed by atoms with Crippen molar-refractivity contribution in [3.63, 3.8) is 0 Å². The summed E-state index contributed by atoms with van der Waals surface area (Å²) in [4.78, 5) is 58.1. The van der Waals surface area contributed by atoms with Crippen LogP contribution in [-0.4, -0.2) is 104 Å². The Kier molecular flexibility index (Phi) is 7.38. The summed E-state index contributed by atoms with van der Waals surface area (Å²) in [5.74, 6) is -0.384. The molecule has 20 nitrogen and oxygen atoms in total. The number of H-pyrrole nitrogens is 1. The molecule has 11 atom stereocenters. The van der Waals surface area contributed by atoms with Crippen LogP contribution in [-0.2, 0) is 39.2 Å². The van der Waals surface area contributed by atoms with E-state index in [0.717, 1.165) is 0 Å². The summed E-state index contributed by atoms with van der Waals surface area (Å²) >= 11 is 6.60. The first-order valence-corrected chi connectivity index (χ1v) is 19.2. The number of nitrogen functional groups attached to an aromatic ring is 2. The lowest BCUT2D eigenvalue weighted by Crippen LogP contribution is -2.38. The van der Waals surface area contributed by atoms with Gasteiger partial charge in [-0.05, 0) is 24.1 Å². The molecule has 2 bridgehead atoms. The molecule has 24 heteroatoms. The number of rotatable bonds is 3. The van der Waals surface area contributed by atoms with E-state index < -0.39 is 73.2 Å². The van der Waals surface area contributed by atoms with Gasteiger partial charge >= 0.3 is 14.5 Å². The third-order valence-electron chi connectivity index (χ3n) is 9.21. The number of methoxy groups -OCH3 is 1. The molecule has 3 unspecified atom stereocenters. The van der Waals surface area contributed by atoms with Crippen molar-refractivity contribution in [3.05, 3.63) is 29.3 Å². The normalized spacial score (nSPS) is 40.4. The lowest BCUT2D eigenvalue weighted by Gasteiger charge is -2.31. The Labute approximate surface area is 273 Å². The molecule has 0 amide bonds. The quantitative estimate of drug-likeness (QED) is 0.149. The summed E-state index contributed by atoms with van der Waals surface area (Å²) in [6.45, 7) is -4.70. The second-order valence-corrected chi connectivity index (χ2v) is 17.3. The maximum atomic E-state index is 13.7. The molecule has 8 rings (SSSR count). The van der Waals surface area contributed by atoms with E-state index in [1.165, 1.54) is 42.4 Å². The molecule has 0 aromatic carbocycles. The molecule has 4 fully saturated rings. The fourth-order valence-corrected chi connectivity index (χ4v) is 11.3. The first kappa shape index (κ1) is 31.7. The van der Waals surface area contributed by atoms with Gasteiger partial charge < -0.3 is 44.7 Å². The predicted molar refractivity (Wildman–Crippen MR) is 167 cm³/mol. The van der Waals surface area contributed by atoms with Crippen LogP contribution in [0.3, 0.4) is 0 Å². The minimum absolute atomic E-state index is 0.0107. The molecule has 4 aliphatic rings. The van der Waals surface area contributed by atoms with Crippen molar-refractivity contribution in [1.29, 1.82) is 0 Å². The zero-order valence-corrected chi connectivity index (χ0v) is 27.6. The SMILES string of the molecule is CO[C@H]1[C@H]2OP(=O)(O)OC[C@@]34C[C@@H]3C(n3cnc5c(N)ncnc53)[C@H](O)[C@@H]4OP(O)(=S)OC[C@H]1S[C@H]2n1cnc2c(=O)[nH]c(N)nc21. The molecule has 2 aliphatic carbocycles. The molecule has 2 saturated heterocycles. The number of aromatic amines is 1. The van der Waals surface area contributed by atoms with Crippen LogP contribution in [0.15, 0.2) is 23.8 Å². The maximum Gasteiger partial charge on any atom is 0.472 e. The summed E-state index contributed by atoms with van der Waals surface area (Å²) in [5, 5.41) is 10.1. The number of hydrogen-bond acceptors (Lipinski definition) is 17. The highest BCUT2D eigenvalue weighted by Crippen LogP contribution is 2.72. The first-order valence-electron chi connectivity index (χ1n) is 14.2. The van der Waals surface area contributed by atoms with Crippen molar-refractivity contribution in [2.24, 2.45) is 11.3 Å². The molecule has 252 valence electrons. The molecule has 4 aromatic rings. The van der Waals surface area contributed by atoms with Crippen LogP contribution in [0.2, 0.25) is 0 Å². The summed E-state index contributed by atoms with van der Waals surface area (Å²) in [6, 6.07) is -0.698. The smallest absolute Gasteiger partial charge is 0.388 e. The Bertz CT molecular complexity index is 2070. The van der Waals surface area contributed by atoms with Gasteiger partial charge in [-0.25, -0.2) is 24.5 Å². The van der Waals surface area contributed by atoms with E-state index in [0.29, 0.717) is 17.6 Å². The molecule has 6 heterocycles. The number of imidazole rings is 2. The molecule has 2 saturated carbocycles. The zero-order chi connectivity index (χ0) is 33.0. The van der Waals surface area contributed by atoms with Gasteiger partial charge in [0.2, 0.25) is 5.95 Å². The second kappa shape index (κ2) is 11.0. The number of nitrogens with two attached hydrogens (primary N) is 2. The third kappa shape index (κ3) is 5.05. The Morgan fingerprint density at radius 3 is 2.68 bits per heavy atom. The highest BCUT2D eigenvalue weighted by Gasteiger charge is 2.74. The van der Waals surface area contributed by atoms with Crippen molar-refractivity contribution in [2.45, 2.75) is 47.5 Å². The number of aliphatic hydroxyl groups excluding tert-OH is 1. The monoisotopic (exact) mass is 730 g/mol. The van der Waals surface area contributed by atoms with Gasteiger partial charge in [0.05, 0.1) is 37.2 Å². The molecular formula is C23H28N10O10P2S2. The van der Waals surface area contributed by atoms with E-state index in [-0.39, 0.29) is 35.5 Å². The lowest BCUT2D eigenvalue weighted by molar-refractivity contribution is -0.0289. The largest absolute Gasteiger partial charge is 0.472 e. The van der Waals surface area contributed by atoms with E-state index in [9.17, 15) is 24.3 Å². The number of anilines is 2. The van der Waals surface area contributed by atoms with E-state index in [1.807, 2.05) is 0 Å². The van der Waals surface area contributed by atoms with Crippen LogP contribution in [0.1, 0.15) is 17.8 Å². The number of phosphoric acid groups is 1. The van der Waals surface area contributed by atoms with Gasteiger partial charge in [0.25, 0.3) is 5.56 Å². The number of hydrogen-bond donors (Lipinski definition) is 6. The van der Waals surface area contributed by atoms with E-state index in [2.05, 4.69) is 29.9 Å². The summed E-state index contributed by atoms with van der Waals surface area (Å²) in [7, 11) is -3.49. The summed E-state index contributed by atoms with van der Waals surface area (Å²) in [5.41, 5.74) is 10.9. The minimum atomic E-state index is -4.86. The number of fused-ring (bicyclic) bond motifs is 4. The molecule has 2 aliphatic heterocycles. The van der Waals surface area contributed by atoms with Gasteiger partial charge in [0.15, 0.2) is 22.6 Å². The highest BCUT2D eigenvalue weighted by molar-refractivity contribution is 8.07. The molecular weight excluding hydrogens is 702 g/mol. The van der Waals surface area contributed by atoms with Crippen LogP contribution in [0, 0.1) is 11.3 Å². The van der Waals surface area contributed by atoms with Crippen molar-refractivity contribution in [2.75, 3.05) is 31.8 Å². The number of thioether (sulfide) groups is 1. The van der Waals surface area contributed by atoms with Gasteiger partial charge in [-0.15, -0.1) is 11.8 Å². The zero-order valence-electron chi connectivity index (χ0n) is 24.2. The number of ether oxygens (including phenoxy) is 1. The van der Waals surface area contributed by atoms with Gasteiger partial charge in [-0.3, -0.25) is 23.4 Å². The van der Waals surface area contributed by atoms with Crippen molar-refractivity contribution < 1.29 is 42.3 Å². The van der Waals surface area contributed by atoms with Gasteiger partial charge in [-0.2, -0.15) is 4.98 Å². The maximum absolute atomic E-state index is 13.7. The number of nitrogens with one attached hydrogen (secondary N) is 1. The molecule has 47 heavy (non-hydrogen) atoms. The average Bonchev–Trinajstić information content (AvgIpc) is 3.30. The van der Waals surface area contributed by atoms with Gasteiger partial charge in [0, 0.05) is 12.5 Å². The fourth-order valence-electron chi connectivity index (χ4n) is 7.08. The highest BCUT2D eigenvalue weighted by atomic mass is 32.5. The molecule has 4 aromatic heterocycles. The van der Waals surface area contributed by atoms with E-state index in [4.69, 9.17) is 46.1 Å². The number of nitrogens with zero attached hydrogens (tertiary/aromatic N) is 7. The Hall–Kier alpha value is -2.59. The minimum Gasteiger partial charge on any atom is -0.388 e. The van der Waals surface area contributed by atoms with Crippen LogP contribution >= 0.6 is 26.3 Å². The number of aliphatic hydroxyl groups is 1. The number of phosphoric ester groups is 1. The first-order chi connectivity index (χ1) is 22.3. The van der Waals surface area contributed by atoms with E-state index in [1.54, 1.807) is 4.57 Å². The fraction of sp³-hybridized carbons (Fsp3) is 0.565. The topological polar surface area (TPSA) is 283 Å². The summed E-state index contributed by atoms with van der Waals surface area (Å²) in [6.07, 6.45) is -0.0959. The van der Waals surface area contributed by atoms with Crippen molar-refractivity contribution in [1.82, 2.24) is 39.0 Å². The summed E-state index contributed by atoms with van der Waals surface area (Å²) < 4.78 is 45.8. The van der Waals surface area contributed by atoms with Crippen LogP contribution in [0.4, 0.5) is 11.8 Å². The van der Waals surface area contributed by atoms with Crippen LogP contribution < -0.4 is 17.0 Å². The molecule has 1 spiro atoms. The van der Waals surface area contributed by atoms with Crippen LogP contribution in [0.25, 0.3) is 22.3 Å². The molecule has 0 radical (unpaired) electrons. The third-order valence-corrected chi connectivity index (χ3v) is 13.2. The second-order valence-electron chi connectivity index (χ2n) is 11.8. The lowest BCUT2D eigenvalue weighted by atomic mass is 10.0. The van der Waals surface area contributed by atoms with Gasteiger partial charge in [0.1, 0.15) is 41.6 Å². The van der Waals surface area contributed by atoms with E-state index >= 15 is 0 Å². The Morgan fingerprint density at radius 2 is 1.89 bits per heavy atom. The Balaban J connectivity index is 1.15. The molecule has 8 N–H and O–H groups in total. The predicted octanol–water partition coefficient (Wildman–Crippen LogP) is -0.191. The van der Waals surface area contributed by atoms with Crippen molar-refractivity contribution in [3.8, 4) is 0 Å². The van der Waals surface area contributed by atoms with Crippen LogP contribution in [0.5, 0.6) is 0 Å². The van der Waals surface area contributed by atoms with Gasteiger partial charge in [-0.1, -0.05) is 0 Å². The standard InChI is InChI=1S/C23H28N10O10P2S2/c1-39-14-9-3-40-45(38,46)43-16-13(34)12(32-6-28-10-17(24)26-5-27-18(10)32)8-2-23(8,16)4-41-44(36,37)42-15(14)21(47-9)33-7-29-11-19(33)30-22(25)31-20(11)35/h5-9,12-16,21,34H,2-4H2,1H3,(H,36,37)(H,38,46)(H2,24,26,27)(H3,25,30,31,35)/t8-,9-,12?,13+,14-,15-,16+,21-,23+,45?/m1/s1. The Morgan fingerprint density at radius 1 is 1.13 bits per heavy atom. The average molecular weight is 731 g/mol. The van der Waals surface area contributed by atoms with Crippen molar-refractivity contribution >= 4 is 72.2 Å².